The predicted octanol–water partition coefficient (Wildman–Crippen LogP) is 4.05. The van der Waals surface area contributed by atoms with Gasteiger partial charge in [-0.3, -0.25) is 0 Å². The van der Waals surface area contributed by atoms with Crippen LogP contribution < -0.4 is 4.74 Å². The second kappa shape index (κ2) is 8.36. The quantitative estimate of drug-likeness (QED) is 0.606. The lowest BCUT2D eigenvalue weighted by molar-refractivity contribution is -0.129. The molecule has 2 aromatic carbocycles. The highest BCUT2D eigenvalue weighted by Gasteiger charge is 2.17. The molecule has 0 aliphatic rings. The van der Waals surface area contributed by atoms with E-state index >= 15 is 0 Å². The minimum atomic E-state index is -1.15. The molecule has 0 bridgehead atoms. The SMILES string of the molecule is CCO/N=C(\C(=O)O)c1ccccc1COc1ccc(Cl)cc1C. The van der Waals surface area contributed by atoms with Crippen LogP contribution in [0.5, 0.6) is 5.75 Å². The predicted molar refractivity (Wildman–Crippen MR) is 92.8 cm³/mol. The maximum Gasteiger partial charge on any atom is 0.358 e. The van der Waals surface area contributed by atoms with Gasteiger partial charge in [-0.2, -0.15) is 0 Å². The summed E-state index contributed by atoms with van der Waals surface area (Å²) < 4.78 is 5.81. The number of oxime groups is 1. The van der Waals surface area contributed by atoms with E-state index < -0.39 is 5.97 Å². The highest BCUT2D eigenvalue weighted by Crippen LogP contribution is 2.23. The molecule has 0 radical (unpaired) electrons. The first kappa shape index (κ1) is 17.8. The number of carbonyl (C=O) groups is 1. The molecule has 24 heavy (non-hydrogen) atoms. The molecular weight excluding hydrogens is 330 g/mol. The third-order valence-corrected chi connectivity index (χ3v) is 3.52. The fourth-order valence-corrected chi connectivity index (χ4v) is 2.37. The zero-order valence-electron chi connectivity index (χ0n) is 13.5. The number of hydrogen-bond acceptors (Lipinski definition) is 4. The van der Waals surface area contributed by atoms with Crippen molar-refractivity contribution in [2.45, 2.75) is 20.5 Å². The summed E-state index contributed by atoms with van der Waals surface area (Å²) in [6.07, 6.45) is 0. The molecule has 0 aliphatic heterocycles. The van der Waals surface area contributed by atoms with Crippen LogP contribution in [-0.2, 0) is 16.2 Å². The summed E-state index contributed by atoms with van der Waals surface area (Å²) in [6, 6.07) is 12.4. The molecule has 5 nitrogen and oxygen atoms in total. The Morgan fingerprint density at radius 1 is 1.25 bits per heavy atom. The van der Waals surface area contributed by atoms with Gasteiger partial charge in [-0.05, 0) is 43.2 Å². The molecule has 2 rings (SSSR count). The van der Waals surface area contributed by atoms with Gasteiger partial charge in [0.15, 0.2) is 5.71 Å². The molecule has 1 N–H and O–H groups in total. The van der Waals surface area contributed by atoms with Crippen molar-refractivity contribution in [2.24, 2.45) is 5.16 Å². The van der Waals surface area contributed by atoms with Gasteiger partial charge in [0.1, 0.15) is 19.0 Å². The minimum Gasteiger partial charge on any atom is -0.489 e. The van der Waals surface area contributed by atoms with Crippen molar-refractivity contribution in [1.82, 2.24) is 0 Å². The molecule has 0 saturated carbocycles. The lowest BCUT2D eigenvalue weighted by Gasteiger charge is -2.12. The Bertz CT molecular complexity index is 758. The Hall–Kier alpha value is -2.53. The van der Waals surface area contributed by atoms with Crippen molar-refractivity contribution in [2.75, 3.05) is 6.61 Å². The fourth-order valence-electron chi connectivity index (χ4n) is 2.14. The monoisotopic (exact) mass is 347 g/mol. The third-order valence-electron chi connectivity index (χ3n) is 3.28. The molecule has 126 valence electrons. The first-order chi connectivity index (χ1) is 11.5. The molecule has 0 spiro atoms. The van der Waals surface area contributed by atoms with Crippen molar-refractivity contribution in [1.29, 1.82) is 0 Å². The number of hydrogen-bond donors (Lipinski definition) is 1. The smallest absolute Gasteiger partial charge is 0.358 e. The summed E-state index contributed by atoms with van der Waals surface area (Å²) >= 11 is 5.93. The molecule has 6 heteroatoms. The molecule has 0 aliphatic carbocycles. The number of aliphatic carboxylic acids is 1. The van der Waals surface area contributed by atoms with E-state index in [0.29, 0.717) is 28.5 Å². The van der Waals surface area contributed by atoms with Crippen LogP contribution in [0, 0.1) is 6.92 Å². The molecule has 0 heterocycles. The van der Waals surface area contributed by atoms with Gasteiger partial charge >= 0.3 is 5.97 Å². The van der Waals surface area contributed by atoms with Crippen molar-refractivity contribution >= 4 is 23.3 Å². The lowest BCUT2D eigenvalue weighted by atomic mass is 10.0. The van der Waals surface area contributed by atoms with E-state index in [1.54, 1.807) is 37.3 Å². The van der Waals surface area contributed by atoms with Gasteiger partial charge in [0, 0.05) is 10.6 Å². The van der Waals surface area contributed by atoms with Gasteiger partial charge in [0.25, 0.3) is 0 Å². The first-order valence-electron chi connectivity index (χ1n) is 7.43. The highest BCUT2D eigenvalue weighted by molar-refractivity contribution is 6.42. The number of halogens is 1. The Labute approximate surface area is 145 Å². The standard InChI is InChI=1S/C18H18ClNO4/c1-3-24-20-17(18(21)22)15-7-5-4-6-13(15)11-23-16-9-8-14(19)10-12(16)2/h4-10H,3,11H2,1-2H3,(H,21,22)/b20-17-. The molecule has 0 atom stereocenters. The molecule has 0 amide bonds. The number of benzene rings is 2. The van der Waals surface area contributed by atoms with Crippen molar-refractivity contribution < 1.29 is 19.5 Å². The lowest BCUT2D eigenvalue weighted by Crippen LogP contribution is -2.18. The van der Waals surface area contributed by atoms with E-state index in [2.05, 4.69) is 5.16 Å². The molecule has 0 saturated heterocycles. The van der Waals surface area contributed by atoms with Gasteiger partial charge in [-0.1, -0.05) is 41.0 Å². The summed E-state index contributed by atoms with van der Waals surface area (Å²) in [5.74, 6) is -0.466. The van der Waals surface area contributed by atoms with E-state index in [-0.39, 0.29) is 12.3 Å². The number of nitrogens with zero attached hydrogens (tertiary/aromatic N) is 1. The Kier molecular flexibility index (Phi) is 6.21. The number of carboxylic acids is 1. The maximum absolute atomic E-state index is 11.5. The summed E-state index contributed by atoms with van der Waals surface area (Å²) in [5.41, 5.74) is 1.92. The molecule has 0 fully saturated rings. The van der Waals surface area contributed by atoms with Crippen LogP contribution >= 0.6 is 11.6 Å². The van der Waals surface area contributed by atoms with Gasteiger partial charge < -0.3 is 14.7 Å². The van der Waals surface area contributed by atoms with Crippen LogP contribution in [0.25, 0.3) is 0 Å². The summed E-state index contributed by atoms with van der Waals surface area (Å²) in [7, 11) is 0. The van der Waals surface area contributed by atoms with Crippen LogP contribution in [-0.4, -0.2) is 23.4 Å². The number of carboxylic acid groups (broad SMARTS) is 1. The van der Waals surface area contributed by atoms with Crippen molar-refractivity contribution in [3.8, 4) is 5.75 Å². The molecule has 0 unspecified atom stereocenters. The van der Waals surface area contributed by atoms with E-state index in [1.807, 2.05) is 19.1 Å². The second-order valence-electron chi connectivity index (χ2n) is 5.02. The first-order valence-corrected chi connectivity index (χ1v) is 7.81. The van der Waals surface area contributed by atoms with Gasteiger partial charge in [-0.15, -0.1) is 0 Å². The van der Waals surface area contributed by atoms with Gasteiger partial charge in [0.05, 0.1) is 0 Å². The molecule has 0 aromatic heterocycles. The van der Waals surface area contributed by atoms with E-state index in [9.17, 15) is 9.90 Å². The van der Waals surface area contributed by atoms with Crippen LogP contribution in [0.2, 0.25) is 5.02 Å². The normalized spacial score (nSPS) is 11.2. The van der Waals surface area contributed by atoms with Gasteiger partial charge in [-0.25, -0.2) is 4.79 Å². The largest absolute Gasteiger partial charge is 0.489 e. The Morgan fingerprint density at radius 2 is 2.00 bits per heavy atom. The average Bonchev–Trinajstić information content (AvgIpc) is 2.55. The van der Waals surface area contributed by atoms with Crippen molar-refractivity contribution in [3.63, 3.8) is 0 Å². The Morgan fingerprint density at radius 3 is 2.67 bits per heavy atom. The molecular formula is C18H18ClNO4. The highest BCUT2D eigenvalue weighted by atomic mass is 35.5. The van der Waals surface area contributed by atoms with E-state index in [0.717, 1.165) is 5.56 Å². The minimum absolute atomic E-state index is 0.149. The zero-order valence-corrected chi connectivity index (χ0v) is 14.2. The van der Waals surface area contributed by atoms with Gasteiger partial charge in [0.2, 0.25) is 0 Å². The van der Waals surface area contributed by atoms with Crippen LogP contribution in [0.15, 0.2) is 47.6 Å². The van der Waals surface area contributed by atoms with E-state index in [1.165, 1.54) is 0 Å². The Balaban J connectivity index is 2.26. The average molecular weight is 348 g/mol. The zero-order chi connectivity index (χ0) is 17.5. The van der Waals surface area contributed by atoms with Crippen molar-refractivity contribution in [3.05, 3.63) is 64.2 Å². The fraction of sp³-hybridized carbons (Fsp3) is 0.222. The summed E-state index contributed by atoms with van der Waals surface area (Å²) in [6.45, 7) is 4.13. The van der Waals surface area contributed by atoms with E-state index in [4.69, 9.17) is 21.2 Å². The summed E-state index contributed by atoms with van der Waals surface area (Å²) in [4.78, 5) is 16.4. The maximum atomic E-state index is 11.5. The summed E-state index contributed by atoms with van der Waals surface area (Å²) in [5, 5.41) is 13.7. The van der Waals surface area contributed by atoms with Crippen LogP contribution in [0.3, 0.4) is 0 Å². The second-order valence-corrected chi connectivity index (χ2v) is 5.45. The van der Waals surface area contributed by atoms with Crippen LogP contribution in [0.1, 0.15) is 23.6 Å². The third kappa shape index (κ3) is 4.49. The van der Waals surface area contributed by atoms with Crippen LogP contribution in [0.4, 0.5) is 0 Å². The topological polar surface area (TPSA) is 68.1 Å². The molecule has 2 aromatic rings. The number of rotatable bonds is 7. The number of ether oxygens (including phenoxy) is 1. The number of aryl methyl sites for hydroxylation is 1.